The summed E-state index contributed by atoms with van der Waals surface area (Å²) in [6.07, 6.45) is 2.06. The summed E-state index contributed by atoms with van der Waals surface area (Å²) in [6.45, 7) is 2.91. The molecule has 2 rings (SSSR count). The van der Waals surface area contributed by atoms with E-state index in [-0.39, 0.29) is 12.3 Å². The Morgan fingerprint density at radius 3 is 2.60 bits per heavy atom. The van der Waals surface area contributed by atoms with E-state index in [0.717, 1.165) is 12.8 Å². The molecule has 0 aromatic heterocycles. The molecule has 1 atom stereocenters. The summed E-state index contributed by atoms with van der Waals surface area (Å²) in [7, 11) is 0. The van der Waals surface area contributed by atoms with Crippen LogP contribution in [0.5, 0.6) is 5.75 Å². The highest BCUT2D eigenvalue weighted by Gasteiger charge is 2.46. The van der Waals surface area contributed by atoms with Gasteiger partial charge in [-0.1, -0.05) is 6.92 Å². The zero-order valence-electron chi connectivity index (χ0n) is 11.3. The van der Waals surface area contributed by atoms with E-state index >= 15 is 0 Å². The number of nitriles is 1. The molecule has 0 saturated heterocycles. The molecule has 0 heterocycles. The average molecular weight is 275 g/mol. The van der Waals surface area contributed by atoms with E-state index in [4.69, 9.17) is 4.74 Å². The van der Waals surface area contributed by atoms with Crippen LogP contribution >= 0.6 is 0 Å². The Kier molecular flexibility index (Phi) is 4.20. The quantitative estimate of drug-likeness (QED) is 0.609. The third-order valence-electron chi connectivity index (χ3n) is 3.48. The lowest BCUT2D eigenvalue weighted by atomic mass is 9.96. The topological polar surface area (TPSA) is 88.2 Å². The molecule has 0 bridgehead atoms. The monoisotopic (exact) mass is 275 g/mol. The van der Waals surface area contributed by atoms with Crippen molar-refractivity contribution >= 4 is 5.69 Å². The first kappa shape index (κ1) is 14.3. The van der Waals surface area contributed by atoms with Gasteiger partial charge in [0.05, 0.1) is 11.0 Å². The molecule has 0 radical (unpaired) electrons. The Morgan fingerprint density at radius 2 is 2.15 bits per heavy atom. The Hall–Kier alpha value is -2.13. The first-order valence-electron chi connectivity index (χ1n) is 6.65. The van der Waals surface area contributed by atoms with Crippen LogP contribution in [0.15, 0.2) is 24.3 Å². The van der Waals surface area contributed by atoms with Crippen LogP contribution in [-0.2, 0) is 0 Å². The van der Waals surface area contributed by atoms with E-state index < -0.39 is 10.5 Å². The SMILES string of the molecule is CCNC(C#N)(COc1ccc([N+](=O)[O-])cc1)C1CC1. The van der Waals surface area contributed by atoms with Crippen molar-refractivity contribution in [3.8, 4) is 11.8 Å². The number of nitrogens with one attached hydrogen (secondary N) is 1. The van der Waals surface area contributed by atoms with Crippen LogP contribution in [0.3, 0.4) is 0 Å². The van der Waals surface area contributed by atoms with Crippen molar-refractivity contribution < 1.29 is 9.66 Å². The van der Waals surface area contributed by atoms with Crippen molar-refractivity contribution in [2.24, 2.45) is 5.92 Å². The predicted octanol–water partition coefficient (Wildman–Crippen LogP) is 2.26. The fourth-order valence-corrected chi connectivity index (χ4v) is 2.23. The van der Waals surface area contributed by atoms with Gasteiger partial charge < -0.3 is 4.74 Å². The molecule has 1 aromatic carbocycles. The second-order valence-electron chi connectivity index (χ2n) is 4.93. The number of ether oxygens (including phenoxy) is 1. The van der Waals surface area contributed by atoms with E-state index in [2.05, 4.69) is 11.4 Å². The molecule has 0 amide bonds. The fourth-order valence-electron chi connectivity index (χ4n) is 2.23. The molecular formula is C14H17N3O3. The summed E-state index contributed by atoms with van der Waals surface area (Å²) in [5.74, 6) is 0.860. The molecule has 6 heteroatoms. The molecule has 1 unspecified atom stereocenters. The second-order valence-corrected chi connectivity index (χ2v) is 4.93. The Bertz CT molecular complexity index is 519. The molecule has 6 nitrogen and oxygen atoms in total. The number of nitro benzene ring substituents is 1. The number of nitro groups is 1. The third-order valence-corrected chi connectivity index (χ3v) is 3.48. The largest absolute Gasteiger partial charge is 0.491 e. The minimum Gasteiger partial charge on any atom is -0.491 e. The highest BCUT2D eigenvalue weighted by Crippen LogP contribution is 2.39. The number of likely N-dealkylation sites (N-methyl/N-ethyl adjacent to an activating group) is 1. The molecule has 0 aliphatic heterocycles. The van der Waals surface area contributed by atoms with Gasteiger partial charge in [-0.05, 0) is 37.4 Å². The highest BCUT2D eigenvalue weighted by molar-refractivity contribution is 5.36. The van der Waals surface area contributed by atoms with Crippen LogP contribution in [0.25, 0.3) is 0 Å². The van der Waals surface area contributed by atoms with E-state index in [0.29, 0.717) is 18.2 Å². The summed E-state index contributed by atoms with van der Waals surface area (Å²) < 4.78 is 5.64. The number of benzene rings is 1. The number of rotatable bonds is 7. The number of non-ortho nitro benzene ring substituents is 1. The molecule has 1 fully saturated rings. The van der Waals surface area contributed by atoms with Crippen LogP contribution in [-0.4, -0.2) is 23.6 Å². The molecular weight excluding hydrogens is 258 g/mol. The lowest BCUT2D eigenvalue weighted by molar-refractivity contribution is -0.384. The highest BCUT2D eigenvalue weighted by atomic mass is 16.6. The molecule has 20 heavy (non-hydrogen) atoms. The molecule has 106 valence electrons. The first-order chi connectivity index (χ1) is 9.61. The number of nitrogens with zero attached hydrogens (tertiary/aromatic N) is 2. The molecule has 1 aliphatic rings. The maximum Gasteiger partial charge on any atom is 0.269 e. The van der Waals surface area contributed by atoms with Crippen molar-refractivity contribution in [1.29, 1.82) is 5.26 Å². The normalized spacial score (nSPS) is 17.0. The van der Waals surface area contributed by atoms with Crippen molar-refractivity contribution in [3.05, 3.63) is 34.4 Å². The van der Waals surface area contributed by atoms with Gasteiger partial charge in [-0.15, -0.1) is 0 Å². The second kappa shape index (κ2) is 5.88. The Labute approximate surface area is 117 Å². The van der Waals surface area contributed by atoms with E-state index in [1.165, 1.54) is 12.1 Å². The van der Waals surface area contributed by atoms with Gasteiger partial charge in [-0.25, -0.2) is 0 Å². The number of hydrogen-bond acceptors (Lipinski definition) is 5. The lowest BCUT2D eigenvalue weighted by Crippen LogP contribution is -2.50. The third kappa shape index (κ3) is 3.06. The van der Waals surface area contributed by atoms with Crippen LogP contribution in [0.1, 0.15) is 19.8 Å². The van der Waals surface area contributed by atoms with Crippen LogP contribution in [0, 0.1) is 27.4 Å². The molecule has 1 aromatic rings. The fraction of sp³-hybridized carbons (Fsp3) is 0.500. The summed E-state index contributed by atoms with van der Waals surface area (Å²) in [6, 6.07) is 8.24. The molecule has 1 aliphatic carbocycles. The smallest absolute Gasteiger partial charge is 0.269 e. The van der Waals surface area contributed by atoms with Crippen molar-refractivity contribution in [2.45, 2.75) is 25.3 Å². The van der Waals surface area contributed by atoms with Crippen LogP contribution < -0.4 is 10.1 Å². The molecule has 1 N–H and O–H groups in total. The summed E-state index contributed by atoms with van der Waals surface area (Å²) in [5.41, 5.74) is -0.631. The van der Waals surface area contributed by atoms with Gasteiger partial charge in [0.2, 0.25) is 0 Å². The Balaban J connectivity index is 2.02. The summed E-state index contributed by atoms with van der Waals surface area (Å²) >= 11 is 0. The van der Waals surface area contributed by atoms with Gasteiger partial charge in [0, 0.05) is 12.1 Å². The predicted molar refractivity (Wildman–Crippen MR) is 73.3 cm³/mol. The van der Waals surface area contributed by atoms with Crippen molar-refractivity contribution in [1.82, 2.24) is 5.32 Å². The summed E-state index contributed by atoms with van der Waals surface area (Å²) in [5, 5.41) is 23.2. The van der Waals surface area contributed by atoms with Gasteiger partial charge in [0.15, 0.2) is 0 Å². The standard InChI is InChI=1S/C14H17N3O3/c1-2-16-14(9-15,11-3-4-11)10-20-13-7-5-12(6-8-13)17(18)19/h5-8,11,16H,2-4,10H2,1H3. The summed E-state index contributed by atoms with van der Waals surface area (Å²) in [4.78, 5) is 10.1. The maximum absolute atomic E-state index is 10.6. The first-order valence-corrected chi connectivity index (χ1v) is 6.65. The van der Waals surface area contributed by atoms with Gasteiger partial charge in [0.1, 0.15) is 17.9 Å². The van der Waals surface area contributed by atoms with Gasteiger partial charge in [-0.3, -0.25) is 15.4 Å². The van der Waals surface area contributed by atoms with E-state index in [1.807, 2.05) is 6.92 Å². The van der Waals surface area contributed by atoms with Crippen LogP contribution in [0.4, 0.5) is 5.69 Å². The maximum atomic E-state index is 10.6. The van der Waals surface area contributed by atoms with Gasteiger partial charge in [0.25, 0.3) is 5.69 Å². The van der Waals surface area contributed by atoms with Crippen molar-refractivity contribution in [2.75, 3.05) is 13.2 Å². The van der Waals surface area contributed by atoms with Crippen molar-refractivity contribution in [3.63, 3.8) is 0 Å². The molecule has 1 saturated carbocycles. The lowest BCUT2D eigenvalue weighted by Gasteiger charge is -2.27. The Morgan fingerprint density at radius 1 is 1.50 bits per heavy atom. The number of hydrogen-bond donors (Lipinski definition) is 1. The van der Waals surface area contributed by atoms with Crippen LogP contribution in [0.2, 0.25) is 0 Å². The van der Waals surface area contributed by atoms with Gasteiger partial charge in [-0.2, -0.15) is 5.26 Å². The molecule has 0 spiro atoms. The zero-order valence-corrected chi connectivity index (χ0v) is 11.3. The van der Waals surface area contributed by atoms with Gasteiger partial charge >= 0.3 is 0 Å². The zero-order chi connectivity index (χ0) is 14.6. The minimum atomic E-state index is -0.656. The van der Waals surface area contributed by atoms with E-state index in [1.54, 1.807) is 12.1 Å². The van der Waals surface area contributed by atoms with E-state index in [9.17, 15) is 15.4 Å². The average Bonchev–Trinajstić information content (AvgIpc) is 3.29. The minimum absolute atomic E-state index is 0.0257.